The highest BCUT2D eigenvalue weighted by molar-refractivity contribution is 5.83. The number of carbonyl (C=O) groups excluding carboxylic acids is 2. The third kappa shape index (κ3) is 2.37. The van der Waals surface area contributed by atoms with Crippen LogP contribution in [0.4, 0.5) is 9.59 Å². The molecule has 0 saturated carbocycles. The summed E-state index contributed by atoms with van der Waals surface area (Å²) < 4.78 is 0. The van der Waals surface area contributed by atoms with Crippen molar-refractivity contribution in [1.29, 1.82) is 0 Å². The van der Waals surface area contributed by atoms with E-state index in [4.69, 9.17) is 5.11 Å². The molecule has 2 aliphatic heterocycles. The van der Waals surface area contributed by atoms with Crippen LogP contribution in [0.25, 0.3) is 0 Å². The van der Waals surface area contributed by atoms with Crippen molar-refractivity contribution < 1.29 is 19.5 Å². The Morgan fingerprint density at radius 2 is 1.70 bits per heavy atom. The maximum absolute atomic E-state index is 11.7. The lowest BCUT2D eigenvalue weighted by Crippen LogP contribution is -2.85. The van der Waals surface area contributed by atoms with Gasteiger partial charge in [0.05, 0.1) is 0 Å². The number of rotatable bonds is 5. The van der Waals surface area contributed by atoms with Gasteiger partial charge < -0.3 is 26.4 Å². The smallest absolute Gasteiger partial charge is 0.318 e. The van der Waals surface area contributed by atoms with Crippen molar-refractivity contribution in [2.24, 2.45) is 5.41 Å². The van der Waals surface area contributed by atoms with E-state index >= 15 is 0 Å². The second kappa shape index (κ2) is 4.84. The monoisotopic (exact) mass is 284 g/mol. The van der Waals surface area contributed by atoms with E-state index in [-0.39, 0.29) is 18.5 Å². The van der Waals surface area contributed by atoms with Gasteiger partial charge in [-0.1, -0.05) is 13.8 Å². The predicted octanol–water partition coefficient (Wildman–Crippen LogP) is 0.306. The largest absolute Gasteiger partial charge is 0.481 e. The molecular weight excluding hydrogens is 264 g/mol. The number of unbranched alkanes of at least 4 members (excludes halogenated alkanes) is 1. The number of hydrogen-bond acceptors (Lipinski definition) is 3. The Kier molecular flexibility index (Phi) is 3.49. The Morgan fingerprint density at radius 3 is 2.20 bits per heavy atom. The number of carbonyl (C=O) groups is 3. The maximum atomic E-state index is 11.7. The van der Waals surface area contributed by atoms with Gasteiger partial charge in [0.1, 0.15) is 11.8 Å². The molecule has 0 unspecified atom stereocenters. The van der Waals surface area contributed by atoms with Crippen molar-refractivity contribution in [3.8, 4) is 0 Å². The highest BCUT2D eigenvalue weighted by Crippen LogP contribution is 2.39. The second-order valence-electron chi connectivity index (χ2n) is 5.86. The first-order valence-corrected chi connectivity index (χ1v) is 6.66. The summed E-state index contributed by atoms with van der Waals surface area (Å²) in [5.74, 6) is -0.844. The van der Waals surface area contributed by atoms with Crippen LogP contribution in [0.5, 0.6) is 0 Å². The quantitative estimate of drug-likeness (QED) is 0.466. The van der Waals surface area contributed by atoms with Gasteiger partial charge in [-0.3, -0.25) is 4.79 Å². The van der Waals surface area contributed by atoms with Crippen molar-refractivity contribution in [3.05, 3.63) is 0 Å². The van der Waals surface area contributed by atoms with Crippen LogP contribution in [0.1, 0.15) is 39.5 Å². The molecule has 5 N–H and O–H groups in total. The fraction of sp³-hybridized carbons (Fsp3) is 0.750. The molecule has 4 amide bonds. The molecule has 0 radical (unpaired) electrons. The van der Waals surface area contributed by atoms with Crippen LogP contribution in [-0.2, 0) is 4.79 Å². The van der Waals surface area contributed by atoms with Crippen LogP contribution in [0.2, 0.25) is 0 Å². The molecule has 0 aromatic rings. The molecule has 0 aromatic carbocycles. The van der Waals surface area contributed by atoms with Crippen LogP contribution < -0.4 is 21.3 Å². The molecule has 0 aliphatic carbocycles. The predicted molar refractivity (Wildman–Crippen MR) is 69.7 cm³/mol. The average Bonchev–Trinajstić information content (AvgIpc) is 2.29. The van der Waals surface area contributed by atoms with Gasteiger partial charge in [-0.25, -0.2) is 9.59 Å². The highest BCUT2D eigenvalue weighted by atomic mass is 16.4. The van der Waals surface area contributed by atoms with E-state index in [2.05, 4.69) is 21.3 Å². The summed E-state index contributed by atoms with van der Waals surface area (Å²) in [6.07, 6.45) is 1.22. The van der Waals surface area contributed by atoms with Gasteiger partial charge >= 0.3 is 18.0 Å². The van der Waals surface area contributed by atoms with E-state index < -0.39 is 23.2 Å². The topological polar surface area (TPSA) is 120 Å². The van der Waals surface area contributed by atoms with Gasteiger partial charge in [0, 0.05) is 11.8 Å². The zero-order chi connectivity index (χ0) is 15.0. The molecule has 2 bridgehead atoms. The van der Waals surface area contributed by atoms with E-state index in [1.807, 2.05) is 13.8 Å². The Labute approximate surface area is 116 Å². The van der Waals surface area contributed by atoms with Crippen LogP contribution in [0.3, 0.4) is 0 Å². The van der Waals surface area contributed by atoms with Gasteiger partial charge in [0.15, 0.2) is 0 Å². The van der Waals surface area contributed by atoms with Crippen LogP contribution in [0, 0.1) is 5.41 Å². The van der Waals surface area contributed by atoms with E-state index in [9.17, 15) is 14.4 Å². The number of urea groups is 2. The fourth-order valence-corrected chi connectivity index (χ4v) is 2.83. The second-order valence-corrected chi connectivity index (χ2v) is 5.86. The summed E-state index contributed by atoms with van der Waals surface area (Å²) in [6.45, 7) is 3.88. The number of amides is 4. The van der Waals surface area contributed by atoms with Crippen LogP contribution in [-0.4, -0.2) is 35.0 Å². The Balaban J connectivity index is 2.12. The first kappa shape index (κ1) is 14.4. The Hall–Kier alpha value is -1.99. The zero-order valence-electron chi connectivity index (χ0n) is 11.6. The summed E-state index contributed by atoms with van der Waals surface area (Å²) in [5.41, 5.74) is -1.31. The lowest BCUT2D eigenvalue weighted by Gasteiger charge is -2.57. The van der Waals surface area contributed by atoms with Crippen LogP contribution in [0.15, 0.2) is 0 Å². The van der Waals surface area contributed by atoms with Gasteiger partial charge in [0.25, 0.3) is 0 Å². The number of fused-ring (bicyclic) bond motifs is 2. The number of nitrogens with one attached hydrogen (secondary N) is 4. The highest BCUT2D eigenvalue weighted by Gasteiger charge is 2.58. The van der Waals surface area contributed by atoms with Gasteiger partial charge in [0.2, 0.25) is 0 Å². The SMILES string of the molecule is CC1(C)C2NC(=O)NC1(CCCCC(=O)O)NC(=O)N2. The zero-order valence-corrected chi connectivity index (χ0v) is 11.6. The fourth-order valence-electron chi connectivity index (χ4n) is 2.83. The minimum atomic E-state index is -0.860. The Morgan fingerprint density at radius 1 is 1.15 bits per heavy atom. The van der Waals surface area contributed by atoms with Crippen molar-refractivity contribution in [2.75, 3.05) is 0 Å². The average molecular weight is 284 g/mol. The number of hydrogen-bond donors (Lipinski definition) is 5. The first-order valence-electron chi connectivity index (χ1n) is 6.66. The van der Waals surface area contributed by atoms with Crippen molar-refractivity contribution in [1.82, 2.24) is 21.3 Å². The summed E-state index contributed by atoms with van der Waals surface area (Å²) >= 11 is 0. The molecule has 8 heteroatoms. The van der Waals surface area contributed by atoms with E-state index in [0.29, 0.717) is 19.3 Å². The molecule has 2 fully saturated rings. The van der Waals surface area contributed by atoms with E-state index in [0.717, 1.165) is 0 Å². The van der Waals surface area contributed by atoms with Crippen molar-refractivity contribution >= 4 is 18.0 Å². The van der Waals surface area contributed by atoms with Gasteiger partial charge in [-0.15, -0.1) is 0 Å². The molecule has 2 heterocycles. The molecule has 0 aromatic heterocycles. The molecule has 0 atom stereocenters. The van der Waals surface area contributed by atoms with Gasteiger partial charge in [-0.05, 0) is 19.3 Å². The number of carboxylic acid groups (broad SMARTS) is 1. The molecule has 2 rings (SSSR count). The Bertz CT molecular complexity index is 429. The minimum Gasteiger partial charge on any atom is -0.481 e. The van der Waals surface area contributed by atoms with Crippen molar-refractivity contribution in [2.45, 2.75) is 51.4 Å². The van der Waals surface area contributed by atoms with E-state index in [1.54, 1.807) is 0 Å². The lowest BCUT2D eigenvalue weighted by atomic mass is 9.70. The lowest BCUT2D eigenvalue weighted by molar-refractivity contribution is -0.137. The third-order valence-electron chi connectivity index (χ3n) is 4.22. The van der Waals surface area contributed by atoms with E-state index in [1.165, 1.54) is 0 Å². The summed E-state index contributed by atoms with van der Waals surface area (Å²) in [4.78, 5) is 34.0. The molecule has 2 saturated heterocycles. The molecule has 8 nitrogen and oxygen atoms in total. The van der Waals surface area contributed by atoms with Crippen LogP contribution >= 0.6 is 0 Å². The molecule has 2 aliphatic rings. The molecule has 20 heavy (non-hydrogen) atoms. The molecular formula is C12H20N4O4. The number of aliphatic carboxylic acids is 1. The minimum absolute atomic E-state index is 0.0817. The summed E-state index contributed by atoms with van der Waals surface area (Å²) in [6, 6.07) is -0.694. The standard InChI is InChI=1S/C12H20N4O4/c1-11(2)8-13-9(19)15-12(11,16-10(20)14-8)6-4-3-5-7(17)18/h8H,3-6H2,1-2H3,(H,17,18)(H2,13,15,19)(H2,14,16,20). The first-order chi connectivity index (χ1) is 9.27. The third-order valence-corrected chi connectivity index (χ3v) is 4.22. The van der Waals surface area contributed by atoms with Gasteiger partial charge in [-0.2, -0.15) is 0 Å². The summed E-state index contributed by atoms with van der Waals surface area (Å²) in [5, 5.41) is 19.6. The maximum Gasteiger partial charge on any atom is 0.318 e. The molecule has 112 valence electrons. The summed E-state index contributed by atoms with van der Waals surface area (Å²) in [7, 11) is 0. The van der Waals surface area contributed by atoms with Crippen molar-refractivity contribution in [3.63, 3.8) is 0 Å². The number of carboxylic acids is 1. The molecule has 0 spiro atoms. The normalized spacial score (nSPS) is 30.6.